The van der Waals surface area contributed by atoms with Crippen LogP contribution in [-0.4, -0.2) is 60.1 Å². The van der Waals surface area contributed by atoms with E-state index in [1.807, 2.05) is 0 Å². The minimum Gasteiger partial charge on any atom is -0.506 e. The molecule has 5 rings (SSSR count). The summed E-state index contributed by atoms with van der Waals surface area (Å²) in [4.78, 5) is 70.5. The number of hydrogen-bond donors (Lipinski definition) is 1. The van der Waals surface area contributed by atoms with Crippen LogP contribution in [0.15, 0.2) is 46.3 Å². The van der Waals surface area contributed by atoms with Crippen molar-refractivity contribution in [1.29, 1.82) is 0 Å². The molecule has 10 nitrogen and oxygen atoms in total. The molecular formula is C24H18N2O8S. The van der Waals surface area contributed by atoms with E-state index in [1.54, 1.807) is 25.1 Å². The molecule has 1 aromatic carbocycles. The van der Waals surface area contributed by atoms with Gasteiger partial charge in [-0.15, -0.1) is 11.3 Å². The quantitative estimate of drug-likeness (QED) is 0.493. The van der Waals surface area contributed by atoms with Crippen molar-refractivity contribution >= 4 is 58.0 Å². The van der Waals surface area contributed by atoms with Gasteiger partial charge in [-0.3, -0.25) is 19.4 Å². The molecule has 0 unspecified atom stereocenters. The molecule has 11 heteroatoms. The van der Waals surface area contributed by atoms with Crippen LogP contribution in [0.2, 0.25) is 0 Å². The maximum Gasteiger partial charge on any atom is 0.350 e. The molecule has 2 amide bonds. The van der Waals surface area contributed by atoms with Crippen LogP contribution in [0.25, 0.3) is 5.76 Å². The number of esters is 2. The molecule has 3 atom stereocenters. The van der Waals surface area contributed by atoms with Gasteiger partial charge in [-0.2, -0.15) is 0 Å². The minimum atomic E-state index is -1.39. The summed E-state index contributed by atoms with van der Waals surface area (Å²) in [5.41, 5.74) is 0.133. The zero-order valence-electron chi connectivity index (χ0n) is 18.5. The van der Waals surface area contributed by atoms with E-state index in [0.717, 1.165) is 16.2 Å². The van der Waals surface area contributed by atoms with Crippen LogP contribution < -0.4 is 4.90 Å². The van der Waals surface area contributed by atoms with Crippen LogP contribution in [-0.2, 0) is 23.9 Å². The van der Waals surface area contributed by atoms with Gasteiger partial charge >= 0.3 is 11.9 Å². The number of rotatable bonds is 5. The Morgan fingerprint density at radius 3 is 2.49 bits per heavy atom. The molecule has 35 heavy (non-hydrogen) atoms. The average molecular weight is 494 g/mol. The van der Waals surface area contributed by atoms with Gasteiger partial charge in [0.1, 0.15) is 10.6 Å². The monoisotopic (exact) mass is 494 g/mol. The first-order valence-corrected chi connectivity index (χ1v) is 11.5. The second kappa shape index (κ2) is 8.27. The number of carbonyl (C=O) groups is 5. The first-order valence-electron chi connectivity index (χ1n) is 10.7. The number of nitrogens with zero attached hydrogens (tertiary/aromatic N) is 2. The van der Waals surface area contributed by atoms with Crippen LogP contribution in [0.1, 0.15) is 32.5 Å². The maximum atomic E-state index is 13.6. The first kappa shape index (κ1) is 22.7. The first-order chi connectivity index (χ1) is 16.8. The number of thiophene rings is 1. The predicted molar refractivity (Wildman–Crippen MR) is 123 cm³/mol. The highest BCUT2D eigenvalue weighted by Gasteiger charge is 2.61. The van der Waals surface area contributed by atoms with Crippen LogP contribution in [0.4, 0.5) is 5.69 Å². The maximum absolute atomic E-state index is 13.6. The fourth-order valence-corrected chi connectivity index (χ4v) is 5.51. The zero-order chi connectivity index (χ0) is 25.0. The molecule has 1 aliphatic carbocycles. The fraction of sp³-hybridized carbons (Fsp3) is 0.250. The van der Waals surface area contributed by atoms with Gasteiger partial charge < -0.3 is 14.6 Å². The Balaban J connectivity index is 1.64. The number of anilines is 1. The molecule has 1 aromatic heterocycles. The number of benzene rings is 1. The number of carbonyl (C=O) groups excluding carboxylic acids is 5. The predicted octanol–water partition coefficient (Wildman–Crippen LogP) is 2.19. The van der Waals surface area contributed by atoms with Crippen molar-refractivity contribution < 1.29 is 38.6 Å². The molecule has 3 heterocycles. The van der Waals surface area contributed by atoms with E-state index >= 15 is 0 Å². The zero-order valence-corrected chi connectivity index (χ0v) is 19.3. The van der Waals surface area contributed by atoms with Crippen molar-refractivity contribution in [2.45, 2.75) is 13.0 Å². The summed E-state index contributed by atoms with van der Waals surface area (Å²) >= 11 is 0.989. The summed E-state index contributed by atoms with van der Waals surface area (Å²) in [5, 5.41) is 12.4. The third-order valence-electron chi connectivity index (χ3n) is 6.20. The number of imide groups is 1. The highest BCUT2D eigenvalue weighted by molar-refractivity contribution is 7.12. The molecule has 2 aromatic rings. The van der Waals surface area contributed by atoms with Gasteiger partial charge in [-0.25, -0.2) is 14.5 Å². The smallest absolute Gasteiger partial charge is 0.350 e. The lowest BCUT2D eigenvalue weighted by Crippen LogP contribution is -2.37. The van der Waals surface area contributed by atoms with E-state index in [-0.39, 0.29) is 45.3 Å². The van der Waals surface area contributed by atoms with E-state index in [9.17, 15) is 29.1 Å². The number of amides is 2. The number of aliphatic hydroxyl groups excluding tert-OH is 1. The van der Waals surface area contributed by atoms with Crippen molar-refractivity contribution in [1.82, 2.24) is 0 Å². The molecule has 1 N–H and O–H groups in total. The number of ketones is 1. The number of ether oxygens (including phenoxy) is 2. The van der Waals surface area contributed by atoms with Gasteiger partial charge in [0, 0.05) is 11.1 Å². The van der Waals surface area contributed by atoms with Crippen LogP contribution in [0, 0.1) is 11.8 Å². The third-order valence-corrected chi connectivity index (χ3v) is 7.08. The van der Waals surface area contributed by atoms with Gasteiger partial charge in [0.2, 0.25) is 11.8 Å². The lowest BCUT2D eigenvalue weighted by atomic mass is 9.85. The molecular weight excluding hydrogens is 476 g/mol. The topological polar surface area (TPSA) is 140 Å². The second-order valence-electron chi connectivity index (χ2n) is 7.95. The standard InChI is InChI=1S/C24H18N2O8S/c1-3-34-23(31)17-14-13(16(25-17)15-18(27)10-6-4-5-7-11(10)19(15)28)21(29)26(22(14)30)12-8-9-35-20(12)24(32)33-2/h4-9,13-14,17,27H,3H2,1-2H3/t13-,14+,17-/m1/s1. The summed E-state index contributed by atoms with van der Waals surface area (Å²) in [6.07, 6.45) is 0. The molecule has 0 bridgehead atoms. The number of Topliss-reactive ketones (excluding diaryl/α,β-unsaturated/α-hetero) is 1. The largest absolute Gasteiger partial charge is 0.506 e. The highest BCUT2D eigenvalue weighted by atomic mass is 32.1. The molecule has 1 fully saturated rings. The SMILES string of the molecule is CCOC(=O)[C@@H]1N=C(C2=C(O)c3ccccc3C2=O)[C@@H]2C(=O)N(c3ccsc3C(=O)OC)C(=O)[C@@H]21. The Hall–Kier alpha value is -4.12. The van der Waals surface area contributed by atoms with Crippen molar-refractivity contribution in [2.24, 2.45) is 16.8 Å². The number of fused-ring (bicyclic) bond motifs is 2. The molecule has 0 saturated carbocycles. The van der Waals surface area contributed by atoms with Crippen LogP contribution in [0.5, 0.6) is 0 Å². The number of aliphatic hydroxyl groups is 1. The van der Waals surface area contributed by atoms with E-state index < -0.39 is 47.4 Å². The van der Waals surface area contributed by atoms with Gasteiger partial charge in [0.15, 0.2) is 11.8 Å². The lowest BCUT2D eigenvalue weighted by Gasteiger charge is -2.17. The molecule has 0 radical (unpaired) electrons. The molecule has 3 aliphatic rings. The fourth-order valence-electron chi connectivity index (χ4n) is 4.72. The molecule has 178 valence electrons. The summed E-state index contributed by atoms with van der Waals surface area (Å²) < 4.78 is 9.84. The number of methoxy groups -OCH3 is 1. The summed E-state index contributed by atoms with van der Waals surface area (Å²) in [7, 11) is 1.17. The summed E-state index contributed by atoms with van der Waals surface area (Å²) in [5.74, 6) is -6.65. The van der Waals surface area contributed by atoms with Crippen LogP contribution >= 0.6 is 11.3 Å². The Bertz CT molecular complexity index is 1390. The normalized spacial score (nSPS) is 22.9. The van der Waals surface area contributed by atoms with Crippen LogP contribution in [0.3, 0.4) is 0 Å². The molecule has 0 spiro atoms. The van der Waals surface area contributed by atoms with E-state index in [2.05, 4.69) is 4.99 Å². The van der Waals surface area contributed by atoms with E-state index in [1.165, 1.54) is 24.6 Å². The lowest BCUT2D eigenvalue weighted by molar-refractivity contribution is -0.147. The van der Waals surface area contributed by atoms with Crippen molar-refractivity contribution in [3.8, 4) is 0 Å². The van der Waals surface area contributed by atoms with Gasteiger partial charge in [0.25, 0.3) is 0 Å². The van der Waals surface area contributed by atoms with Crippen molar-refractivity contribution in [2.75, 3.05) is 18.6 Å². The number of allylic oxidation sites excluding steroid dienone is 1. The van der Waals surface area contributed by atoms with Gasteiger partial charge in [0.05, 0.1) is 42.5 Å². The summed E-state index contributed by atoms with van der Waals surface area (Å²) in [6.45, 7) is 1.60. The Morgan fingerprint density at radius 1 is 1.11 bits per heavy atom. The van der Waals surface area contributed by atoms with Gasteiger partial charge in [-0.1, -0.05) is 24.3 Å². The minimum absolute atomic E-state index is 0.0127. The number of hydrogen-bond acceptors (Lipinski definition) is 10. The average Bonchev–Trinajstić information content (AvgIpc) is 3.59. The molecule has 1 saturated heterocycles. The van der Waals surface area contributed by atoms with Crippen molar-refractivity contribution in [3.63, 3.8) is 0 Å². The Morgan fingerprint density at radius 2 is 1.83 bits per heavy atom. The van der Waals surface area contributed by atoms with Gasteiger partial charge in [-0.05, 0) is 18.4 Å². The Labute approximate surface area is 202 Å². The summed E-state index contributed by atoms with van der Waals surface area (Å²) in [6, 6.07) is 6.38. The highest BCUT2D eigenvalue weighted by Crippen LogP contribution is 2.45. The molecule has 2 aliphatic heterocycles. The van der Waals surface area contributed by atoms with E-state index in [4.69, 9.17) is 9.47 Å². The van der Waals surface area contributed by atoms with Crippen molar-refractivity contribution in [3.05, 3.63) is 57.3 Å². The second-order valence-corrected chi connectivity index (χ2v) is 8.87. The third kappa shape index (κ3) is 3.15. The number of aliphatic imine (C=N–C) groups is 1. The Kier molecular flexibility index (Phi) is 5.36. The van der Waals surface area contributed by atoms with E-state index in [0.29, 0.717) is 0 Å².